The first kappa shape index (κ1) is 26.1. The van der Waals surface area contributed by atoms with E-state index in [-0.39, 0.29) is 35.6 Å². The summed E-state index contributed by atoms with van der Waals surface area (Å²) < 4.78 is 21.4. The van der Waals surface area contributed by atoms with Crippen molar-refractivity contribution in [3.63, 3.8) is 0 Å². The number of nitriles is 1. The monoisotopic (exact) mass is 488 g/mol. The number of hydrogen-bond acceptors (Lipinski definition) is 7. The van der Waals surface area contributed by atoms with E-state index in [4.69, 9.17) is 18.6 Å². The van der Waals surface area contributed by atoms with Crippen LogP contribution in [0.3, 0.4) is 0 Å². The molecule has 0 aliphatic heterocycles. The van der Waals surface area contributed by atoms with Crippen LogP contribution in [0.1, 0.15) is 37.7 Å². The number of nitrogens with one attached hydrogen (secondary N) is 1. The molecule has 0 spiro atoms. The van der Waals surface area contributed by atoms with E-state index in [1.54, 1.807) is 24.3 Å². The second-order valence-electron chi connectivity index (χ2n) is 8.88. The van der Waals surface area contributed by atoms with Crippen molar-refractivity contribution in [2.75, 3.05) is 13.7 Å². The Hall–Kier alpha value is -4.51. The van der Waals surface area contributed by atoms with Gasteiger partial charge >= 0.3 is 5.97 Å². The van der Waals surface area contributed by atoms with Crippen molar-refractivity contribution in [2.45, 2.75) is 32.7 Å². The zero-order valence-corrected chi connectivity index (χ0v) is 20.7. The number of amides is 1. The van der Waals surface area contributed by atoms with E-state index >= 15 is 0 Å². The molecule has 2 aromatic carbocycles. The molecule has 186 valence electrons. The van der Waals surface area contributed by atoms with Gasteiger partial charge in [0.2, 0.25) is 0 Å². The standard InChI is InChI=1S/C28H28N2O6/c1-28(2,3)21-8-10-22(11-9-21)35-18-26(31)36-24-12-7-19(15-25(24)33-4)14-20(16-29)27(32)30-17-23-6-5-13-34-23/h5-15H,17-18H2,1-4H3,(H,30,32)/b20-14+. The molecule has 0 fully saturated rings. The number of rotatable bonds is 9. The second kappa shape index (κ2) is 11.8. The van der Waals surface area contributed by atoms with E-state index in [1.165, 1.54) is 25.5 Å². The first-order valence-corrected chi connectivity index (χ1v) is 11.2. The molecule has 1 amide bonds. The van der Waals surface area contributed by atoms with Crippen molar-refractivity contribution in [3.8, 4) is 23.3 Å². The van der Waals surface area contributed by atoms with E-state index < -0.39 is 11.9 Å². The van der Waals surface area contributed by atoms with Gasteiger partial charge in [-0.1, -0.05) is 39.0 Å². The van der Waals surface area contributed by atoms with Gasteiger partial charge < -0.3 is 23.9 Å². The van der Waals surface area contributed by atoms with Gasteiger partial charge in [-0.2, -0.15) is 5.26 Å². The van der Waals surface area contributed by atoms with Crippen molar-refractivity contribution in [1.82, 2.24) is 5.32 Å². The van der Waals surface area contributed by atoms with Crippen molar-refractivity contribution >= 4 is 18.0 Å². The Balaban J connectivity index is 1.61. The number of ether oxygens (including phenoxy) is 3. The van der Waals surface area contributed by atoms with Crippen LogP contribution in [0.2, 0.25) is 0 Å². The largest absolute Gasteiger partial charge is 0.493 e. The predicted octanol–water partition coefficient (Wildman–Crippen LogP) is 4.79. The molecule has 1 heterocycles. The Morgan fingerprint density at radius 2 is 1.83 bits per heavy atom. The SMILES string of the molecule is COc1cc(/C=C(\C#N)C(=O)NCc2ccco2)ccc1OC(=O)COc1ccc(C(C)(C)C)cc1. The fourth-order valence-corrected chi connectivity index (χ4v) is 3.19. The summed E-state index contributed by atoms with van der Waals surface area (Å²) in [5, 5.41) is 12.0. The van der Waals surface area contributed by atoms with E-state index in [2.05, 4.69) is 26.1 Å². The highest BCUT2D eigenvalue weighted by atomic mass is 16.6. The van der Waals surface area contributed by atoms with Crippen LogP contribution in [0.5, 0.6) is 17.2 Å². The Morgan fingerprint density at radius 1 is 1.08 bits per heavy atom. The zero-order valence-electron chi connectivity index (χ0n) is 20.7. The summed E-state index contributed by atoms with van der Waals surface area (Å²) in [7, 11) is 1.43. The molecule has 0 saturated heterocycles. The maximum atomic E-state index is 12.3. The van der Waals surface area contributed by atoms with Crippen LogP contribution in [-0.4, -0.2) is 25.6 Å². The van der Waals surface area contributed by atoms with Crippen molar-refractivity contribution < 1.29 is 28.2 Å². The summed E-state index contributed by atoms with van der Waals surface area (Å²) in [5.74, 6) is 0.427. The number of methoxy groups -OCH3 is 1. The minimum Gasteiger partial charge on any atom is -0.493 e. The molecule has 8 nitrogen and oxygen atoms in total. The molecule has 8 heteroatoms. The maximum Gasteiger partial charge on any atom is 0.349 e. The van der Waals surface area contributed by atoms with Gasteiger partial charge in [0, 0.05) is 0 Å². The van der Waals surface area contributed by atoms with E-state index in [0.29, 0.717) is 17.1 Å². The molecule has 0 aliphatic rings. The van der Waals surface area contributed by atoms with Gasteiger partial charge in [-0.05, 0) is 59.0 Å². The average Bonchev–Trinajstić information content (AvgIpc) is 3.39. The van der Waals surface area contributed by atoms with Crippen molar-refractivity contribution in [2.24, 2.45) is 0 Å². The topological polar surface area (TPSA) is 111 Å². The van der Waals surface area contributed by atoms with E-state index in [0.717, 1.165) is 5.56 Å². The number of esters is 1. The van der Waals surface area contributed by atoms with Gasteiger partial charge in [-0.3, -0.25) is 4.79 Å². The minimum atomic E-state index is -0.605. The number of furan rings is 1. The van der Waals surface area contributed by atoms with Gasteiger partial charge in [0.15, 0.2) is 18.1 Å². The van der Waals surface area contributed by atoms with Crippen LogP contribution >= 0.6 is 0 Å². The van der Waals surface area contributed by atoms with Crippen LogP contribution in [-0.2, 0) is 21.5 Å². The first-order valence-electron chi connectivity index (χ1n) is 11.2. The number of benzene rings is 2. The van der Waals surface area contributed by atoms with Crippen LogP contribution in [0, 0.1) is 11.3 Å². The molecule has 0 unspecified atom stereocenters. The van der Waals surface area contributed by atoms with Crippen LogP contribution < -0.4 is 19.5 Å². The quantitative estimate of drug-likeness (QED) is 0.199. The van der Waals surface area contributed by atoms with Gasteiger partial charge in [0.05, 0.1) is 19.9 Å². The number of nitrogens with zero attached hydrogens (tertiary/aromatic N) is 1. The number of hydrogen-bond donors (Lipinski definition) is 1. The highest BCUT2D eigenvalue weighted by Crippen LogP contribution is 2.29. The van der Waals surface area contributed by atoms with Crippen LogP contribution in [0.25, 0.3) is 6.08 Å². The molecule has 1 N–H and O–H groups in total. The lowest BCUT2D eigenvalue weighted by Crippen LogP contribution is -2.23. The molecular formula is C28H28N2O6. The summed E-state index contributed by atoms with van der Waals surface area (Å²) in [6.45, 7) is 6.23. The van der Waals surface area contributed by atoms with Crippen LogP contribution in [0.4, 0.5) is 0 Å². The van der Waals surface area contributed by atoms with E-state index in [1.807, 2.05) is 30.3 Å². The van der Waals surface area contributed by atoms with Crippen molar-refractivity contribution in [3.05, 3.63) is 83.3 Å². The molecular weight excluding hydrogens is 460 g/mol. The molecule has 3 aromatic rings. The third kappa shape index (κ3) is 7.24. The first-order chi connectivity index (χ1) is 17.2. The van der Waals surface area contributed by atoms with E-state index in [9.17, 15) is 14.9 Å². The number of carbonyl (C=O) groups excluding carboxylic acids is 2. The third-order valence-corrected chi connectivity index (χ3v) is 5.17. The molecule has 0 saturated carbocycles. The summed E-state index contributed by atoms with van der Waals surface area (Å²) >= 11 is 0. The maximum absolute atomic E-state index is 12.3. The molecule has 3 rings (SSSR count). The third-order valence-electron chi connectivity index (χ3n) is 5.17. The lowest BCUT2D eigenvalue weighted by Gasteiger charge is -2.19. The van der Waals surface area contributed by atoms with Crippen LogP contribution in [0.15, 0.2) is 70.9 Å². The molecule has 0 aliphatic carbocycles. The van der Waals surface area contributed by atoms with Crippen molar-refractivity contribution in [1.29, 1.82) is 5.26 Å². The highest BCUT2D eigenvalue weighted by Gasteiger charge is 2.15. The van der Waals surface area contributed by atoms with Gasteiger partial charge in [0.25, 0.3) is 5.91 Å². The Bertz CT molecular complexity index is 1260. The summed E-state index contributed by atoms with van der Waals surface area (Å²) in [5.41, 5.74) is 1.60. The fourth-order valence-electron chi connectivity index (χ4n) is 3.19. The number of carbonyl (C=O) groups is 2. The molecule has 1 aromatic heterocycles. The highest BCUT2D eigenvalue weighted by molar-refractivity contribution is 6.01. The summed E-state index contributed by atoms with van der Waals surface area (Å²) in [6, 6.07) is 17.5. The predicted molar refractivity (Wildman–Crippen MR) is 133 cm³/mol. The fraction of sp³-hybridized carbons (Fsp3) is 0.250. The molecule has 36 heavy (non-hydrogen) atoms. The molecule has 0 atom stereocenters. The Kier molecular flexibility index (Phi) is 8.52. The molecule has 0 radical (unpaired) electrons. The normalized spacial score (nSPS) is 11.4. The molecule has 0 bridgehead atoms. The average molecular weight is 489 g/mol. The summed E-state index contributed by atoms with van der Waals surface area (Å²) in [6.07, 6.45) is 2.91. The Labute approximate surface area is 210 Å². The van der Waals surface area contributed by atoms with Gasteiger partial charge in [-0.25, -0.2) is 4.79 Å². The lowest BCUT2D eigenvalue weighted by atomic mass is 9.87. The lowest BCUT2D eigenvalue weighted by molar-refractivity contribution is -0.136. The Morgan fingerprint density at radius 3 is 2.44 bits per heavy atom. The van der Waals surface area contributed by atoms with Gasteiger partial charge in [-0.15, -0.1) is 0 Å². The van der Waals surface area contributed by atoms with Gasteiger partial charge in [0.1, 0.15) is 23.2 Å². The minimum absolute atomic E-state index is 0.0209. The second-order valence-corrected chi connectivity index (χ2v) is 8.88. The zero-order chi connectivity index (χ0) is 26.1. The summed E-state index contributed by atoms with van der Waals surface area (Å²) in [4.78, 5) is 24.7. The smallest absolute Gasteiger partial charge is 0.349 e.